The molecule has 4 rings (SSSR count). The van der Waals surface area contributed by atoms with Crippen LogP contribution >= 0.6 is 0 Å². The lowest BCUT2D eigenvalue weighted by Crippen LogP contribution is -1.99. The van der Waals surface area contributed by atoms with Gasteiger partial charge in [-0.2, -0.15) is 10.4 Å². The van der Waals surface area contributed by atoms with E-state index in [0.717, 1.165) is 22.3 Å². The van der Waals surface area contributed by atoms with Crippen molar-refractivity contribution < 1.29 is 0 Å². The maximum Gasteiger partial charge on any atom is 0.162 e. The Hall–Kier alpha value is -3.72. The molecule has 0 atom stereocenters. The van der Waals surface area contributed by atoms with Gasteiger partial charge in [0.2, 0.25) is 0 Å². The minimum atomic E-state index is 0.611. The Morgan fingerprint density at radius 3 is 2.50 bits per heavy atom. The number of aromatic nitrogens is 4. The molecule has 2 N–H and O–H groups in total. The first kappa shape index (κ1) is 13.9. The van der Waals surface area contributed by atoms with E-state index in [1.807, 2.05) is 42.5 Å². The van der Waals surface area contributed by atoms with Gasteiger partial charge in [0.05, 0.1) is 17.8 Å². The average molecular weight is 312 g/mol. The lowest BCUT2D eigenvalue weighted by atomic mass is 10.2. The van der Waals surface area contributed by atoms with Crippen LogP contribution in [0.25, 0.3) is 22.4 Å². The molecule has 0 fully saturated rings. The molecule has 0 amide bonds. The smallest absolute Gasteiger partial charge is 0.162 e. The summed E-state index contributed by atoms with van der Waals surface area (Å²) in [7, 11) is 0. The quantitative estimate of drug-likeness (QED) is 0.603. The second-order valence-corrected chi connectivity index (χ2v) is 5.21. The molecule has 2 aromatic carbocycles. The summed E-state index contributed by atoms with van der Waals surface area (Å²) in [6, 6.07) is 19.1. The molecular weight excluding hydrogens is 300 g/mol. The monoisotopic (exact) mass is 312 g/mol. The highest BCUT2D eigenvalue weighted by Gasteiger charge is 2.11. The van der Waals surface area contributed by atoms with Crippen molar-refractivity contribution in [2.24, 2.45) is 0 Å². The summed E-state index contributed by atoms with van der Waals surface area (Å²) in [5, 5.41) is 19.1. The number of nitrogens with one attached hydrogen (secondary N) is 2. The summed E-state index contributed by atoms with van der Waals surface area (Å²) < 4.78 is 0. The molecule has 0 bridgehead atoms. The number of nitrogens with zero attached hydrogens (tertiary/aromatic N) is 4. The molecule has 114 valence electrons. The van der Waals surface area contributed by atoms with Crippen LogP contribution in [0.4, 0.5) is 11.5 Å². The molecule has 0 spiro atoms. The van der Waals surface area contributed by atoms with E-state index in [4.69, 9.17) is 5.26 Å². The first-order valence-electron chi connectivity index (χ1n) is 7.37. The minimum Gasteiger partial charge on any atom is -0.338 e. The minimum absolute atomic E-state index is 0.611. The molecule has 0 aliphatic heterocycles. The van der Waals surface area contributed by atoms with Crippen LogP contribution in [-0.4, -0.2) is 20.2 Å². The number of nitriles is 1. The van der Waals surface area contributed by atoms with Crippen LogP contribution in [0.2, 0.25) is 0 Å². The van der Waals surface area contributed by atoms with Crippen LogP contribution < -0.4 is 5.32 Å². The Labute approximate surface area is 137 Å². The van der Waals surface area contributed by atoms with Gasteiger partial charge in [-0.3, -0.25) is 5.10 Å². The fourth-order valence-corrected chi connectivity index (χ4v) is 2.41. The van der Waals surface area contributed by atoms with Gasteiger partial charge < -0.3 is 5.32 Å². The predicted octanol–water partition coefficient (Wildman–Crippen LogP) is 3.64. The van der Waals surface area contributed by atoms with E-state index in [9.17, 15) is 0 Å². The largest absolute Gasteiger partial charge is 0.338 e. The second kappa shape index (κ2) is 5.82. The number of rotatable bonds is 3. The summed E-state index contributed by atoms with van der Waals surface area (Å²) >= 11 is 0. The molecule has 0 saturated heterocycles. The maximum atomic E-state index is 8.89. The standard InChI is InChI=1S/C18H12N6/c19-10-12-6-8-14(9-7-12)21-18-16-15(11-20-24-16)22-17(23-18)13-4-2-1-3-5-13/h1-9,11H,(H,20,24)(H,21,22,23). The fourth-order valence-electron chi connectivity index (χ4n) is 2.41. The van der Waals surface area contributed by atoms with E-state index >= 15 is 0 Å². The van der Waals surface area contributed by atoms with Crippen molar-refractivity contribution in [2.45, 2.75) is 0 Å². The summed E-state index contributed by atoms with van der Waals surface area (Å²) in [5.41, 5.74) is 3.85. The Morgan fingerprint density at radius 1 is 0.958 bits per heavy atom. The number of hydrogen-bond donors (Lipinski definition) is 2. The van der Waals surface area contributed by atoms with Crippen LogP contribution in [0.15, 0.2) is 60.8 Å². The third-order valence-electron chi connectivity index (χ3n) is 3.61. The highest BCUT2D eigenvalue weighted by molar-refractivity contribution is 5.88. The lowest BCUT2D eigenvalue weighted by molar-refractivity contribution is 1.11. The van der Waals surface area contributed by atoms with Crippen LogP contribution in [0.1, 0.15) is 5.56 Å². The van der Waals surface area contributed by atoms with E-state index in [0.29, 0.717) is 17.2 Å². The van der Waals surface area contributed by atoms with Gasteiger partial charge in [-0.05, 0) is 24.3 Å². The molecule has 6 heteroatoms. The van der Waals surface area contributed by atoms with Crippen molar-refractivity contribution in [3.8, 4) is 17.5 Å². The Morgan fingerprint density at radius 2 is 1.75 bits per heavy atom. The molecule has 0 aliphatic carbocycles. The summed E-state index contributed by atoms with van der Waals surface area (Å²) in [4.78, 5) is 9.17. The van der Waals surface area contributed by atoms with E-state index < -0.39 is 0 Å². The lowest BCUT2D eigenvalue weighted by Gasteiger charge is -2.08. The maximum absolute atomic E-state index is 8.89. The zero-order chi connectivity index (χ0) is 16.4. The molecule has 2 aromatic heterocycles. The normalized spacial score (nSPS) is 10.5. The van der Waals surface area contributed by atoms with Crippen LogP contribution in [0.5, 0.6) is 0 Å². The summed E-state index contributed by atoms with van der Waals surface area (Å²) in [6.07, 6.45) is 1.67. The average Bonchev–Trinajstić information content (AvgIpc) is 3.12. The number of H-pyrrole nitrogens is 1. The van der Waals surface area contributed by atoms with Gasteiger partial charge in [-0.15, -0.1) is 0 Å². The summed E-state index contributed by atoms with van der Waals surface area (Å²) in [5.74, 6) is 1.27. The summed E-state index contributed by atoms with van der Waals surface area (Å²) in [6.45, 7) is 0. The molecule has 0 radical (unpaired) electrons. The number of aromatic amines is 1. The van der Waals surface area contributed by atoms with Crippen molar-refractivity contribution in [3.05, 3.63) is 66.4 Å². The van der Waals surface area contributed by atoms with Crippen molar-refractivity contribution in [2.75, 3.05) is 5.32 Å². The van der Waals surface area contributed by atoms with Crippen LogP contribution in [-0.2, 0) is 0 Å². The number of anilines is 2. The Bertz CT molecular complexity index is 1030. The first-order chi connectivity index (χ1) is 11.8. The zero-order valence-corrected chi connectivity index (χ0v) is 12.6. The number of benzene rings is 2. The van der Waals surface area contributed by atoms with Crippen molar-refractivity contribution in [3.63, 3.8) is 0 Å². The Kier molecular flexibility index (Phi) is 3.37. The van der Waals surface area contributed by atoms with Gasteiger partial charge in [-0.25, -0.2) is 9.97 Å². The molecule has 4 aromatic rings. The molecule has 0 unspecified atom stereocenters. The van der Waals surface area contributed by atoms with Crippen LogP contribution in [0, 0.1) is 11.3 Å². The molecule has 24 heavy (non-hydrogen) atoms. The van der Waals surface area contributed by atoms with Gasteiger partial charge in [0.15, 0.2) is 11.6 Å². The van der Waals surface area contributed by atoms with Gasteiger partial charge >= 0.3 is 0 Å². The molecule has 2 heterocycles. The molecule has 0 saturated carbocycles. The van der Waals surface area contributed by atoms with Crippen molar-refractivity contribution >= 4 is 22.5 Å². The second-order valence-electron chi connectivity index (χ2n) is 5.21. The number of fused-ring (bicyclic) bond motifs is 1. The Balaban J connectivity index is 1.78. The molecule has 0 aliphatic rings. The third kappa shape index (κ3) is 2.55. The van der Waals surface area contributed by atoms with Crippen molar-refractivity contribution in [1.82, 2.24) is 20.2 Å². The van der Waals surface area contributed by atoms with Crippen molar-refractivity contribution in [1.29, 1.82) is 5.26 Å². The van der Waals surface area contributed by atoms with Gasteiger partial charge in [0, 0.05) is 11.3 Å². The SMILES string of the molecule is N#Cc1ccc(Nc2nc(-c3ccccc3)nc3cn[nH]c23)cc1. The fraction of sp³-hybridized carbons (Fsp3) is 0. The van der Waals surface area contributed by atoms with Gasteiger partial charge in [-0.1, -0.05) is 30.3 Å². The van der Waals surface area contributed by atoms with E-state index in [-0.39, 0.29) is 0 Å². The predicted molar refractivity (Wildman–Crippen MR) is 91.6 cm³/mol. The molecular formula is C18H12N6. The highest BCUT2D eigenvalue weighted by atomic mass is 15.2. The topological polar surface area (TPSA) is 90.3 Å². The van der Waals surface area contributed by atoms with Crippen LogP contribution in [0.3, 0.4) is 0 Å². The molecule has 6 nitrogen and oxygen atoms in total. The highest BCUT2D eigenvalue weighted by Crippen LogP contribution is 2.25. The first-order valence-corrected chi connectivity index (χ1v) is 7.37. The van der Waals surface area contributed by atoms with E-state index in [2.05, 4.69) is 31.6 Å². The van der Waals surface area contributed by atoms with E-state index in [1.54, 1.807) is 18.3 Å². The van der Waals surface area contributed by atoms with E-state index in [1.165, 1.54) is 0 Å². The van der Waals surface area contributed by atoms with Gasteiger partial charge in [0.1, 0.15) is 11.0 Å². The third-order valence-corrected chi connectivity index (χ3v) is 3.61. The zero-order valence-electron chi connectivity index (χ0n) is 12.6. The van der Waals surface area contributed by atoms with Gasteiger partial charge in [0.25, 0.3) is 0 Å². The number of hydrogen-bond acceptors (Lipinski definition) is 5.